The van der Waals surface area contributed by atoms with E-state index >= 15 is 0 Å². The Hall–Kier alpha value is -0.450. The van der Waals surface area contributed by atoms with Crippen molar-refractivity contribution < 1.29 is 5.11 Å². The molecule has 1 N–H and O–H groups in total. The molecule has 0 amide bonds. The van der Waals surface area contributed by atoms with Crippen LogP contribution in [-0.4, -0.2) is 35.6 Å². The first-order valence-electron chi connectivity index (χ1n) is 5.44. The van der Waals surface area contributed by atoms with Gasteiger partial charge in [0, 0.05) is 18.9 Å². The highest BCUT2D eigenvalue weighted by molar-refractivity contribution is 7.11. The number of aromatic nitrogens is 1. The topological polar surface area (TPSA) is 36.4 Å². The second-order valence-electron chi connectivity index (χ2n) is 4.40. The summed E-state index contributed by atoms with van der Waals surface area (Å²) in [6.45, 7) is 1.19. The lowest BCUT2D eigenvalue weighted by molar-refractivity contribution is 0.284. The standard InChI is InChI=1S/C11H18N2OS/c1-13(2)6-5-10-12-11(8-3-4-8)9(7-14)15-10/h8,14H,3-7H2,1-2H3. The van der Waals surface area contributed by atoms with Crippen LogP contribution in [0.5, 0.6) is 0 Å². The van der Waals surface area contributed by atoms with Gasteiger partial charge < -0.3 is 10.0 Å². The van der Waals surface area contributed by atoms with Gasteiger partial charge in [-0.25, -0.2) is 4.98 Å². The molecule has 0 aromatic carbocycles. The van der Waals surface area contributed by atoms with E-state index in [2.05, 4.69) is 24.0 Å². The molecule has 1 aromatic heterocycles. The first kappa shape index (κ1) is 11.0. The molecule has 4 heteroatoms. The molecule has 1 fully saturated rings. The van der Waals surface area contributed by atoms with Crippen LogP contribution in [0, 0.1) is 0 Å². The van der Waals surface area contributed by atoms with Crippen molar-refractivity contribution in [3.05, 3.63) is 15.6 Å². The highest BCUT2D eigenvalue weighted by Gasteiger charge is 2.29. The van der Waals surface area contributed by atoms with E-state index in [0.29, 0.717) is 5.92 Å². The summed E-state index contributed by atoms with van der Waals surface area (Å²) in [5.74, 6) is 0.650. The van der Waals surface area contributed by atoms with E-state index in [9.17, 15) is 5.11 Å². The predicted octanol–water partition coefficient (Wildman–Crippen LogP) is 1.62. The molecule has 1 aliphatic carbocycles. The van der Waals surface area contributed by atoms with Gasteiger partial charge in [-0.2, -0.15) is 0 Å². The minimum absolute atomic E-state index is 0.158. The van der Waals surface area contributed by atoms with Gasteiger partial charge in [-0.15, -0.1) is 11.3 Å². The number of nitrogens with zero attached hydrogens (tertiary/aromatic N) is 2. The minimum atomic E-state index is 0.158. The summed E-state index contributed by atoms with van der Waals surface area (Å²) >= 11 is 1.68. The third-order valence-corrected chi connectivity index (χ3v) is 3.77. The maximum atomic E-state index is 9.25. The predicted molar refractivity (Wildman–Crippen MR) is 62.3 cm³/mol. The molecule has 0 atom stereocenters. The number of thiazole rings is 1. The van der Waals surface area contributed by atoms with Crippen molar-refractivity contribution in [1.82, 2.24) is 9.88 Å². The molecule has 2 rings (SSSR count). The largest absolute Gasteiger partial charge is 0.391 e. The number of hydrogen-bond donors (Lipinski definition) is 1. The van der Waals surface area contributed by atoms with Gasteiger partial charge in [-0.1, -0.05) is 0 Å². The SMILES string of the molecule is CN(C)CCc1nc(C2CC2)c(CO)s1. The molecule has 0 spiro atoms. The molecule has 1 saturated carbocycles. The van der Waals surface area contributed by atoms with Crippen molar-refractivity contribution in [3.63, 3.8) is 0 Å². The Bertz CT molecular complexity index is 331. The van der Waals surface area contributed by atoms with Crippen molar-refractivity contribution >= 4 is 11.3 Å². The smallest absolute Gasteiger partial charge is 0.0944 e. The summed E-state index contributed by atoms with van der Waals surface area (Å²) in [6.07, 6.45) is 3.51. The minimum Gasteiger partial charge on any atom is -0.391 e. The third-order valence-electron chi connectivity index (χ3n) is 2.65. The van der Waals surface area contributed by atoms with Crippen LogP contribution in [0.3, 0.4) is 0 Å². The number of hydrogen-bond acceptors (Lipinski definition) is 4. The van der Waals surface area contributed by atoms with Crippen LogP contribution in [0.1, 0.15) is 34.3 Å². The molecule has 15 heavy (non-hydrogen) atoms. The Kier molecular flexibility index (Phi) is 3.38. The quantitative estimate of drug-likeness (QED) is 0.829. The van der Waals surface area contributed by atoms with E-state index in [1.807, 2.05) is 0 Å². The van der Waals surface area contributed by atoms with Gasteiger partial charge in [-0.05, 0) is 26.9 Å². The summed E-state index contributed by atoms with van der Waals surface area (Å²) in [7, 11) is 4.14. The Morgan fingerprint density at radius 2 is 2.20 bits per heavy atom. The van der Waals surface area contributed by atoms with Gasteiger partial charge >= 0.3 is 0 Å². The number of aliphatic hydroxyl groups excluding tert-OH is 1. The maximum absolute atomic E-state index is 9.25. The van der Waals surface area contributed by atoms with Crippen molar-refractivity contribution in [1.29, 1.82) is 0 Å². The third kappa shape index (κ3) is 2.77. The van der Waals surface area contributed by atoms with Crippen LogP contribution in [0.25, 0.3) is 0 Å². The Labute approximate surface area is 94.8 Å². The van der Waals surface area contributed by atoms with E-state index in [1.54, 1.807) is 11.3 Å². The number of aliphatic hydroxyl groups is 1. The van der Waals surface area contributed by atoms with Crippen LogP contribution in [0.4, 0.5) is 0 Å². The van der Waals surface area contributed by atoms with E-state index in [4.69, 9.17) is 0 Å². The molecule has 0 radical (unpaired) electrons. The van der Waals surface area contributed by atoms with Crippen molar-refractivity contribution in [2.24, 2.45) is 0 Å². The van der Waals surface area contributed by atoms with Crippen LogP contribution in [-0.2, 0) is 13.0 Å². The molecule has 0 saturated heterocycles. The molecule has 0 aliphatic heterocycles. The van der Waals surface area contributed by atoms with Crippen molar-refractivity contribution in [2.45, 2.75) is 31.8 Å². The van der Waals surface area contributed by atoms with Gasteiger partial charge in [0.15, 0.2) is 0 Å². The molecular weight excluding hydrogens is 208 g/mol. The van der Waals surface area contributed by atoms with Crippen LogP contribution in [0.2, 0.25) is 0 Å². The summed E-state index contributed by atoms with van der Waals surface area (Å²) in [4.78, 5) is 7.90. The van der Waals surface area contributed by atoms with E-state index in [1.165, 1.54) is 23.5 Å². The lowest BCUT2D eigenvalue weighted by atomic mass is 10.2. The number of rotatable bonds is 5. The highest BCUT2D eigenvalue weighted by Crippen LogP contribution is 2.42. The molecule has 3 nitrogen and oxygen atoms in total. The Balaban J connectivity index is 2.05. The summed E-state index contributed by atoms with van der Waals surface area (Å²) < 4.78 is 0. The van der Waals surface area contributed by atoms with E-state index in [0.717, 1.165) is 17.8 Å². The molecule has 0 unspecified atom stereocenters. The Morgan fingerprint density at radius 3 is 2.73 bits per heavy atom. The lowest BCUT2D eigenvalue weighted by Gasteiger charge is -2.06. The van der Waals surface area contributed by atoms with E-state index in [-0.39, 0.29) is 6.61 Å². The van der Waals surface area contributed by atoms with Crippen LogP contribution < -0.4 is 0 Å². The highest BCUT2D eigenvalue weighted by atomic mass is 32.1. The zero-order chi connectivity index (χ0) is 10.8. The Morgan fingerprint density at radius 1 is 1.47 bits per heavy atom. The summed E-state index contributed by atoms with van der Waals surface area (Å²) in [6, 6.07) is 0. The van der Waals surface area contributed by atoms with Crippen LogP contribution >= 0.6 is 11.3 Å². The van der Waals surface area contributed by atoms with Gasteiger partial charge in [0.05, 0.1) is 22.2 Å². The molecular formula is C11H18N2OS. The maximum Gasteiger partial charge on any atom is 0.0944 e. The average Bonchev–Trinajstić information content (AvgIpc) is 2.96. The monoisotopic (exact) mass is 226 g/mol. The fourth-order valence-electron chi connectivity index (χ4n) is 1.63. The van der Waals surface area contributed by atoms with Crippen molar-refractivity contribution in [2.75, 3.05) is 20.6 Å². The molecule has 1 aromatic rings. The van der Waals surface area contributed by atoms with Gasteiger partial charge in [-0.3, -0.25) is 0 Å². The second kappa shape index (κ2) is 4.60. The first-order valence-corrected chi connectivity index (χ1v) is 6.26. The average molecular weight is 226 g/mol. The summed E-state index contributed by atoms with van der Waals surface area (Å²) in [5, 5.41) is 10.4. The molecule has 84 valence electrons. The molecule has 1 heterocycles. The second-order valence-corrected chi connectivity index (χ2v) is 5.57. The normalized spacial score (nSPS) is 16.3. The van der Waals surface area contributed by atoms with Gasteiger partial charge in [0.25, 0.3) is 0 Å². The number of likely N-dealkylation sites (N-methyl/N-ethyl adjacent to an activating group) is 1. The van der Waals surface area contributed by atoms with Crippen LogP contribution in [0.15, 0.2) is 0 Å². The van der Waals surface area contributed by atoms with E-state index < -0.39 is 0 Å². The fourth-order valence-corrected chi connectivity index (χ4v) is 2.63. The van der Waals surface area contributed by atoms with Crippen molar-refractivity contribution in [3.8, 4) is 0 Å². The van der Waals surface area contributed by atoms with Gasteiger partial charge in [0.2, 0.25) is 0 Å². The molecule has 0 bridgehead atoms. The zero-order valence-electron chi connectivity index (χ0n) is 9.36. The van der Waals surface area contributed by atoms with Gasteiger partial charge in [0.1, 0.15) is 0 Å². The zero-order valence-corrected chi connectivity index (χ0v) is 10.2. The fraction of sp³-hybridized carbons (Fsp3) is 0.727. The summed E-state index contributed by atoms with van der Waals surface area (Å²) in [5.41, 5.74) is 1.18. The molecule has 1 aliphatic rings. The lowest BCUT2D eigenvalue weighted by Crippen LogP contribution is -2.14. The first-order chi connectivity index (χ1) is 7.20.